The van der Waals surface area contributed by atoms with Crippen LogP contribution in [0.5, 0.6) is 11.5 Å². The van der Waals surface area contributed by atoms with Gasteiger partial charge >= 0.3 is 5.97 Å². The first-order chi connectivity index (χ1) is 19.7. The fraction of sp³-hybridized carbons (Fsp3) is 0.583. The van der Waals surface area contributed by atoms with Crippen molar-refractivity contribution in [1.29, 1.82) is 0 Å². The van der Waals surface area contributed by atoms with Gasteiger partial charge < -0.3 is 14.2 Å². The first kappa shape index (κ1) is 33.5. The van der Waals surface area contributed by atoms with Crippen LogP contribution in [0.2, 0.25) is 0 Å². The fourth-order valence-electron chi connectivity index (χ4n) is 4.66. The molecule has 0 saturated heterocycles. The van der Waals surface area contributed by atoms with E-state index in [1.807, 2.05) is 0 Å². The summed E-state index contributed by atoms with van der Waals surface area (Å²) in [5.74, 6) is 1.68. The van der Waals surface area contributed by atoms with E-state index in [0.29, 0.717) is 13.0 Å². The zero-order valence-electron chi connectivity index (χ0n) is 25.6. The molecule has 2 aromatic carbocycles. The van der Waals surface area contributed by atoms with E-state index >= 15 is 0 Å². The average Bonchev–Trinajstić information content (AvgIpc) is 2.98. The first-order valence-corrected chi connectivity index (χ1v) is 15.9. The Morgan fingerprint density at radius 1 is 0.675 bits per heavy atom. The van der Waals surface area contributed by atoms with Crippen LogP contribution >= 0.6 is 0 Å². The molecule has 0 fully saturated rings. The number of carbonyl (C=O) groups is 1. The SMILES string of the molecule is CCCCCCOc1ccc(/C=C/c2ccc(CCCC)cc2)c(OCCCCCCCCCCC(=O)OC)c1. The van der Waals surface area contributed by atoms with Crippen LogP contribution in [-0.4, -0.2) is 26.3 Å². The van der Waals surface area contributed by atoms with Crippen LogP contribution in [0.25, 0.3) is 12.2 Å². The molecule has 0 saturated carbocycles. The van der Waals surface area contributed by atoms with Crippen molar-refractivity contribution in [2.45, 2.75) is 117 Å². The second-order valence-corrected chi connectivity index (χ2v) is 10.8. The van der Waals surface area contributed by atoms with E-state index in [2.05, 4.69) is 68.5 Å². The largest absolute Gasteiger partial charge is 0.493 e. The zero-order chi connectivity index (χ0) is 28.7. The highest BCUT2D eigenvalue weighted by Crippen LogP contribution is 2.28. The Morgan fingerprint density at radius 2 is 1.30 bits per heavy atom. The molecule has 0 aromatic heterocycles. The standard InChI is InChI=1S/C36H54O4/c1-4-6-8-16-28-39-34-27-26-33(25-24-32-22-20-31(21-23-32)18-7-5-2)35(30-34)40-29-17-14-12-10-9-11-13-15-19-36(37)38-3/h20-27,30H,4-19,28-29H2,1-3H3/b25-24+. The van der Waals surface area contributed by atoms with Crippen molar-refractivity contribution in [3.05, 3.63) is 59.2 Å². The van der Waals surface area contributed by atoms with Gasteiger partial charge in [0.2, 0.25) is 0 Å². The van der Waals surface area contributed by atoms with Gasteiger partial charge in [0.1, 0.15) is 11.5 Å². The number of ether oxygens (including phenoxy) is 3. The lowest BCUT2D eigenvalue weighted by Gasteiger charge is -2.13. The van der Waals surface area contributed by atoms with Crippen molar-refractivity contribution in [3.8, 4) is 11.5 Å². The van der Waals surface area contributed by atoms with E-state index in [0.717, 1.165) is 55.8 Å². The van der Waals surface area contributed by atoms with E-state index in [9.17, 15) is 4.79 Å². The summed E-state index contributed by atoms with van der Waals surface area (Å²) >= 11 is 0. The van der Waals surface area contributed by atoms with Crippen LogP contribution in [0.3, 0.4) is 0 Å². The molecule has 0 radical (unpaired) electrons. The van der Waals surface area contributed by atoms with Gasteiger partial charge in [0.25, 0.3) is 0 Å². The maximum Gasteiger partial charge on any atom is 0.305 e. The summed E-state index contributed by atoms with van der Waals surface area (Å²) in [6, 6.07) is 15.1. The molecule has 0 amide bonds. The summed E-state index contributed by atoms with van der Waals surface area (Å²) < 4.78 is 17.0. The molecule has 0 spiro atoms. The maximum atomic E-state index is 11.2. The van der Waals surface area contributed by atoms with Crippen molar-refractivity contribution >= 4 is 18.1 Å². The monoisotopic (exact) mass is 550 g/mol. The van der Waals surface area contributed by atoms with Gasteiger partial charge in [-0.05, 0) is 55.4 Å². The molecule has 4 nitrogen and oxygen atoms in total. The molecule has 0 N–H and O–H groups in total. The van der Waals surface area contributed by atoms with Gasteiger partial charge in [-0.15, -0.1) is 0 Å². The quantitative estimate of drug-likeness (QED) is 0.0784. The number of esters is 1. The minimum atomic E-state index is -0.0980. The van der Waals surface area contributed by atoms with E-state index < -0.39 is 0 Å². The van der Waals surface area contributed by atoms with Gasteiger partial charge in [-0.25, -0.2) is 0 Å². The summed E-state index contributed by atoms with van der Waals surface area (Å²) in [4.78, 5) is 11.2. The fourth-order valence-corrected chi connectivity index (χ4v) is 4.66. The molecule has 2 rings (SSSR count). The number of hydrogen-bond acceptors (Lipinski definition) is 4. The van der Waals surface area contributed by atoms with E-state index in [-0.39, 0.29) is 5.97 Å². The number of unbranched alkanes of at least 4 members (excludes halogenated alkanes) is 11. The minimum Gasteiger partial charge on any atom is -0.493 e. The second-order valence-electron chi connectivity index (χ2n) is 10.8. The number of methoxy groups -OCH3 is 1. The van der Waals surface area contributed by atoms with Crippen molar-refractivity contribution < 1.29 is 19.0 Å². The maximum absolute atomic E-state index is 11.2. The highest BCUT2D eigenvalue weighted by atomic mass is 16.5. The molecule has 4 heteroatoms. The lowest BCUT2D eigenvalue weighted by molar-refractivity contribution is -0.140. The van der Waals surface area contributed by atoms with E-state index in [4.69, 9.17) is 14.2 Å². The Bertz CT molecular complexity index is 948. The summed E-state index contributed by atoms with van der Waals surface area (Å²) in [6.45, 7) is 5.93. The molecule has 0 aliphatic carbocycles. The number of carbonyl (C=O) groups excluding carboxylic acids is 1. The summed E-state index contributed by atoms with van der Waals surface area (Å²) in [5, 5.41) is 0. The average molecular weight is 551 g/mol. The lowest BCUT2D eigenvalue weighted by atomic mass is 10.1. The first-order valence-electron chi connectivity index (χ1n) is 15.9. The number of rotatable bonds is 23. The number of hydrogen-bond donors (Lipinski definition) is 0. The van der Waals surface area contributed by atoms with Crippen LogP contribution in [0, 0.1) is 0 Å². The van der Waals surface area contributed by atoms with E-state index in [1.54, 1.807) is 0 Å². The van der Waals surface area contributed by atoms with Crippen LogP contribution in [0.4, 0.5) is 0 Å². The predicted octanol–water partition coefficient (Wildman–Crippen LogP) is 10.2. The van der Waals surface area contributed by atoms with Gasteiger partial charge in [-0.1, -0.05) is 114 Å². The molecule has 0 unspecified atom stereocenters. The second kappa shape index (κ2) is 22.0. The molecule has 0 aliphatic heterocycles. The topological polar surface area (TPSA) is 44.8 Å². The molecule has 40 heavy (non-hydrogen) atoms. The third kappa shape index (κ3) is 15.1. The van der Waals surface area contributed by atoms with Crippen molar-refractivity contribution in [1.82, 2.24) is 0 Å². The third-order valence-corrected chi connectivity index (χ3v) is 7.27. The Kier molecular flexibility index (Phi) is 18.4. The van der Waals surface area contributed by atoms with E-state index in [1.165, 1.54) is 82.4 Å². The van der Waals surface area contributed by atoms with Crippen LogP contribution in [0.1, 0.15) is 127 Å². The molecular formula is C36H54O4. The molecule has 2 aromatic rings. The predicted molar refractivity (Wildman–Crippen MR) is 169 cm³/mol. The summed E-state index contributed by atoms with van der Waals surface area (Å²) in [7, 11) is 1.46. The van der Waals surface area contributed by atoms with Crippen molar-refractivity contribution in [2.24, 2.45) is 0 Å². The van der Waals surface area contributed by atoms with Crippen molar-refractivity contribution in [2.75, 3.05) is 20.3 Å². The van der Waals surface area contributed by atoms with Gasteiger partial charge in [-0.2, -0.15) is 0 Å². The molecule has 0 heterocycles. The smallest absolute Gasteiger partial charge is 0.305 e. The van der Waals surface area contributed by atoms with Gasteiger partial charge in [0.15, 0.2) is 0 Å². The Morgan fingerprint density at radius 3 is 1.98 bits per heavy atom. The lowest BCUT2D eigenvalue weighted by Crippen LogP contribution is -2.01. The van der Waals surface area contributed by atoms with Gasteiger partial charge in [0, 0.05) is 18.1 Å². The van der Waals surface area contributed by atoms with Gasteiger partial charge in [0.05, 0.1) is 20.3 Å². The minimum absolute atomic E-state index is 0.0980. The molecule has 0 bridgehead atoms. The molecular weight excluding hydrogens is 496 g/mol. The number of benzene rings is 2. The molecule has 222 valence electrons. The van der Waals surface area contributed by atoms with Crippen molar-refractivity contribution in [3.63, 3.8) is 0 Å². The van der Waals surface area contributed by atoms with Crippen LogP contribution in [-0.2, 0) is 16.0 Å². The summed E-state index contributed by atoms with van der Waals surface area (Å²) in [6.07, 6.45) is 22.4. The summed E-state index contributed by atoms with van der Waals surface area (Å²) in [5.41, 5.74) is 3.69. The normalized spacial score (nSPS) is 11.2. The molecule has 0 aliphatic rings. The van der Waals surface area contributed by atoms with Gasteiger partial charge in [-0.3, -0.25) is 4.79 Å². The zero-order valence-corrected chi connectivity index (χ0v) is 25.6. The number of aryl methyl sites for hydroxylation is 1. The Balaban J connectivity index is 1.83. The Labute approximate surface area is 244 Å². The Hall–Kier alpha value is -2.75. The molecule has 0 atom stereocenters. The van der Waals surface area contributed by atoms with Crippen LogP contribution < -0.4 is 9.47 Å². The highest BCUT2D eigenvalue weighted by molar-refractivity contribution is 5.73. The van der Waals surface area contributed by atoms with Crippen LogP contribution in [0.15, 0.2) is 42.5 Å². The third-order valence-electron chi connectivity index (χ3n) is 7.27. The highest BCUT2D eigenvalue weighted by Gasteiger charge is 2.06.